The normalized spacial score (nSPS) is 14.4. The molecule has 1 aliphatic rings. The topological polar surface area (TPSA) is 86.8 Å². The van der Waals surface area contributed by atoms with Crippen molar-refractivity contribution in [1.82, 2.24) is 10.2 Å². The van der Waals surface area contributed by atoms with Crippen molar-refractivity contribution in [3.63, 3.8) is 0 Å². The Morgan fingerprint density at radius 2 is 1.52 bits per heavy atom. The van der Waals surface area contributed by atoms with Crippen molar-refractivity contribution in [3.05, 3.63) is 94.5 Å². The van der Waals surface area contributed by atoms with Crippen LogP contribution in [0.4, 0.5) is 5.69 Å². The summed E-state index contributed by atoms with van der Waals surface area (Å²) in [6.07, 6.45) is 4.43. The zero-order valence-electron chi connectivity index (χ0n) is 25.4. The Bertz CT molecular complexity index is 1510. The first-order valence-electron chi connectivity index (χ1n) is 14.8. The number of benzene rings is 3. The van der Waals surface area contributed by atoms with Crippen LogP contribution in [0.5, 0.6) is 0 Å². The smallest absolute Gasteiger partial charge is 0.264 e. The maximum atomic E-state index is 14.4. The second-order valence-corrected chi connectivity index (χ2v) is 13.3. The summed E-state index contributed by atoms with van der Waals surface area (Å²) in [5, 5.41) is 3.16. The SMILES string of the molecule is CCC(C(=O)NC1CCCC1)N(Cc1ccccc1C)C(=O)CN(c1cc(C)ccc1C)S(=O)(=O)c1ccc(C)cc1. The molecule has 2 amide bonds. The lowest BCUT2D eigenvalue weighted by Gasteiger charge is -2.34. The Morgan fingerprint density at radius 1 is 0.881 bits per heavy atom. The van der Waals surface area contributed by atoms with E-state index >= 15 is 0 Å². The van der Waals surface area contributed by atoms with Gasteiger partial charge in [0.15, 0.2) is 0 Å². The highest BCUT2D eigenvalue weighted by Gasteiger charge is 2.35. The lowest BCUT2D eigenvalue weighted by molar-refractivity contribution is -0.140. The van der Waals surface area contributed by atoms with Gasteiger partial charge in [0.05, 0.1) is 10.6 Å². The molecule has 1 unspecified atom stereocenters. The minimum Gasteiger partial charge on any atom is -0.352 e. The third kappa shape index (κ3) is 7.21. The Hall–Kier alpha value is -3.65. The van der Waals surface area contributed by atoms with Crippen LogP contribution in [0.2, 0.25) is 0 Å². The van der Waals surface area contributed by atoms with Crippen LogP contribution in [0.1, 0.15) is 66.8 Å². The van der Waals surface area contributed by atoms with Crippen LogP contribution in [-0.4, -0.2) is 43.8 Å². The predicted octanol–water partition coefficient (Wildman–Crippen LogP) is 5.98. The molecule has 1 saturated carbocycles. The number of hydrogen-bond acceptors (Lipinski definition) is 4. The molecule has 0 radical (unpaired) electrons. The van der Waals surface area contributed by atoms with Crippen molar-refractivity contribution in [1.29, 1.82) is 0 Å². The van der Waals surface area contributed by atoms with Gasteiger partial charge in [-0.2, -0.15) is 0 Å². The fourth-order valence-corrected chi connectivity index (χ4v) is 7.07. The molecule has 42 heavy (non-hydrogen) atoms. The first kappa shape index (κ1) is 31.3. The molecule has 4 rings (SSSR count). The van der Waals surface area contributed by atoms with E-state index in [1.807, 2.05) is 71.0 Å². The molecule has 1 aliphatic carbocycles. The Labute approximate surface area is 251 Å². The maximum absolute atomic E-state index is 14.4. The standard InChI is InChI=1S/C34H43N3O4S/c1-6-31(34(39)35-29-13-9-10-14-29)36(22-28-12-8-7-11-26(28)4)33(38)23-37(32-21-25(3)15-18-27(32)5)42(40,41)30-19-16-24(2)17-20-30/h7-8,11-12,15-21,29,31H,6,9-10,13-14,22-23H2,1-5H3,(H,35,39). The largest absolute Gasteiger partial charge is 0.352 e. The second-order valence-electron chi connectivity index (χ2n) is 11.5. The number of hydrogen-bond donors (Lipinski definition) is 1. The van der Waals surface area contributed by atoms with Crippen LogP contribution in [-0.2, 0) is 26.2 Å². The fraction of sp³-hybridized carbons (Fsp3) is 0.412. The number of amides is 2. The third-order valence-electron chi connectivity index (χ3n) is 8.21. The molecule has 224 valence electrons. The van der Waals surface area contributed by atoms with E-state index < -0.39 is 28.5 Å². The van der Waals surface area contributed by atoms with Crippen LogP contribution in [0.15, 0.2) is 71.6 Å². The summed E-state index contributed by atoms with van der Waals surface area (Å²) in [5.41, 5.74) is 4.92. The molecule has 1 atom stereocenters. The molecule has 1 N–H and O–H groups in total. The third-order valence-corrected chi connectivity index (χ3v) is 9.98. The van der Waals surface area contributed by atoms with E-state index in [9.17, 15) is 18.0 Å². The van der Waals surface area contributed by atoms with E-state index in [0.717, 1.165) is 53.5 Å². The molecule has 0 aromatic heterocycles. The average Bonchev–Trinajstić information content (AvgIpc) is 3.47. The maximum Gasteiger partial charge on any atom is 0.264 e. The van der Waals surface area contributed by atoms with E-state index in [1.54, 1.807) is 35.2 Å². The van der Waals surface area contributed by atoms with Crippen molar-refractivity contribution in [2.75, 3.05) is 10.8 Å². The van der Waals surface area contributed by atoms with Crippen LogP contribution >= 0.6 is 0 Å². The van der Waals surface area contributed by atoms with E-state index in [1.165, 1.54) is 4.31 Å². The van der Waals surface area contributed by atoms with Crippen molar-refractivity contribution >= 4 is 27.5 Å². The first-order valence-corrected chi connectivity index (χ1v) is 16.3. The minimum atomic E-state index is -4.11. The molecular formula is C34H43N3O4S. The van der Waals surface area contributed by atoms with Gasteiger partial charge in [0.1, 0.15) is 12.6 Å². The summed E-state index contributed by atoms with van der Waals surface area (Å²) < 4.78 is 29.5. The van der Waals surface area contributed by atoms with Gasteiger partial charge in [-0.05, 0) is 87.4 Å². The van der Waals surface area contributed by atoms with Crippen LogP contribution in [0, 0.1) is 27.7 Å². The quantitative estimate of drug-likeness (QED) is 0.298. The monoisotopic (exact) mass is 589 g/mol. The van der Waals surface area contributed by atoms with Gasteiger partial charge >= 0.3 is 0 Å². The molecule has 0 heterocycles. The second kappa shape index (κ2) is 13.6. The summed E-state index contributed by atoms with van der Waals surface area (Å²) in [5.74, 6) is -0.616. The average molecular weight is 590 g/mol. The Morgan fingerprint density at radius 3 is 2.17 bits per heavy atom. The molecule has 3 aromatic rings. The molecule has 0 spiro atoms. The van der Waals surface area contributed by atoms with Crippen LogP contribution in [0.25, 0.3) is 0 Å². The van der Waals surface area contributed by atoms with Crippen molar-refractivity contribution in [2.45, 2.75) is 90.2 Å². The van der Waals surface area contributed by atoms with Gasteiger partial charge in [-0.15, -0.1) is 0 Å². The summed E-state index contributed by atoms with van der Waals surface area (Å²) in [4.78, 5) is 29.6. The molecular weight excluding hydrogens is 546 g/mol. The van der Waals surface area contributed by atoms with Gasteiger partial charge < -0.3 is 10.2 Å². The van der Waals surface area contributed by atoms with E-state index in [0.29, 0.717) is 12.1 Å². The zero-order chi connectivity index (χ0) is 30.4. The van der Waals surface area contributed by atoms with Crippen molar-refractivity contribution < 1.29 is 18.0 Å². The predicted molar refractivity (Wildman–Crippen MR) is 168 cm³/mol. The Balaban J connectivity index is 1.75. The number of nitrogens with one attached hydrogen (secondary N) is 1. The van der Waals surface area contributed by atoms with Crippen LogP contribution < -0.4 is 9.62 Å². The van der Waals surface area contributed by atoms with Crippen LogP contribution in [0.3, 0.4) is 0 Å². The molecule has 8 heteroatoms. The number of aryl methyl sites for hydroxylation is 4. The highest BCUT2D eigenvalue weighted by Crippen LogP contribution is 2.29. The van der Waals surface area contributed by atoms with Gasteiger partial charge in [-0.3, -0.25) is 13.9 Å². The molecule has 3 aromatic carbocycles. The fourth-order valence-electron chi connectivity index (χ4n) is 5.60. The summed E-state index contributed by atoms with van der Waals surface area (Å²) >= 11 is 0. The minimum absolute atomic E-state index is 0.107. The number of carbonyl (C=O) groups is 2. The number of anilines is 1. The highest BCUT2D eigenvalue weighted by molar-refractivity contribution is 7.92. The summed E-state index contributed by atoms with van der Waals surface area (Å²) in [6.45, 7) is 9.27. The van der Waals surface area contributed by atoms with Crippen molar-refractivity contribution in [2.24, 2.45) is 0 Å². The summed E-state index contributed by atoms with van der Waals surface area (Å²) in [6, 6.07) is 19.4. The number of carbonyl (C=O) groups excluding carboxylic acids is 2. The first-order chi connectivity index (χ1) is 20.0. The van der Waals surface area contributed by atoms with E-state index in [2.05, 4.69) is 5.32 Å². The lowest BCUT2D eigenvalue weighted by Crippen LogP contribution is -2.53. The lowest BCUT2D eigenvalue weighted by atomic mass is 10.1. The summed E-state index contributed by atoms with van der Waals surface area (Å²) in [7, 11) is -4.11. The molecule has 1 fully saturated rings. The van der Waals surface area contributed by atoms with E-state index in [4.69, 9.17) is 0 Å². The zero-order valence-corrected chi connectivity index (χ0v) is 26.2. The van der Waals surface area contributed by atoms with Gasteiger partial charge in [0.2, 0.25) is 11.8 Å². The van der Waals surface area contributed by atoms with Gasteiger partial charge in [0, 0.05) is 12.6 Å². The van der Waals surface area contributed by atoms with E-state index in [-0.39, 0.29) is 23.4 Å². The van der Waals surface area contributed by atoms with Gasteiger partial charge in [0.25, 0.3) is 10.0 Å². The number of rotatable bonds is 11. The molecule has 7 nitrogen and oxygen atoms in total. The Kier molecular flexibility index (Phi) is 10.1. The molecule has 0 saturated heterocycles. The number of nitrogens with zero attached hydrogens (tertiary/aromatic N) is 2. The highest BCUT2D eigenvalue weighted by atomic mass is 32.2. The van der Waals surface area contributed by atoms with Crippen molar-refractivity contribution in [3.8, 4) is 0 Å². The molecule has 0 aliphatic heterocycles. The van der Waals surface area contributed by atoms with Gasteiger partial charge in [-0.1, -0.05) is 73.9 Å². The number of sulfonamides is 1. The molecule has 0 bridgehead atoms. The van der Waals surface area contributed by atoms with Gasteiger partial charge in [-0.25, -0.2) is 8.42 Å².